The number of carbonyl (C=O) groups excluding carboxylic acids is 1. The highest BCUT2D eigenvalue weighted by atomic mass is 35.5. The molecule has 1 unspecified atom stereocenters. The third-order valence-electron chi connectivity index (χ3n) is 2.57. The van der Waals surface area contributed by atoms with Crippen molar-refractivity contribution < 1.29 is 14.3 Å². The van der Waals surface area contributed by atoms with Crippen LogP contribution in [0.5, 0.6) is 5.75 Å². The van der Waals surface area contributed by atoms with Crippen LogP contribution < -0.4 is 10.1 Å². The van der Waals surface area contributed by atoms with Gasteiger partial charge in [0.2, 0.25) is 0 Å². The highest BCUT2D eigenvalue weighted by molar-refractivity contribution is 6.31. The second kappa shape index (κ2) is 7.16. The Balaban J connectivity index is 2.83. The minimum Gasteiger partial charge on any atom is -0.495 e. The Bertz CT molecular complexity index is 474. The third kappa shape index (κ3) is 4.26. The number of nitrogens with one attached hydrogen (secondary N) is 1. The SMILES string of the molecule is C=CCOC(C)C(=O)Nc1cc(C)c(Cl)cc1OC. The first-order valence-electron chi connectivity index (χ1n) is 5.87. The summed E-state index contributed by atoms with van der Waals surface area (Å²) >= 11 is 6.00. The lowest BCUT2D eigenvalue weighted by molar-refractivity contribution is -0.125. The van der Waals surface area contributed by atoms with Crippen molar-refractivity contribution in [1.82, 2.24) is 0 Å². The van der Waals surface area contributed by atoms with E-state index in [0.717, 1.165) is 5.56 Å². The van der Waals surface area contributed by atoms with Crippen molar-refractivity contribution in [2.75, 3.05) is 19.0 Å². The van der Waals surface area contributed by atoms with Gasteiger partial charge in [-0.15, -0.1) is 6.58 Å². The van der Waals surface area contributed by atoms with Crippen molar-refractivity contribution in [2.45, 2.75) is 20.0 Å². The Morgan fingerprint density at radius 3 is 2.84 bits per heavy atom. The van der Waals surface area contributed by atoms with Gasteiger partial charge < -0.3 is 14.8 Å². The van der Waals surface area contributed by atoms with E-state index >= 15 is 0 Å². The number of methoxy groups -OCH3 is 1. The van der Waals surface area contributed by atoms with Gasteiger partial charge in [0.25, 0.3) is 5.91 Å². The van der Waals surface area contributed by atoms with Crippen molar-refractivity contribution in [1.29, 1.82) is 0 Å². The van der Waals surface area contributed by atoms with E-state index in [1.807, 2.05) is 6.92 Å². The van der Waals surface area contributed by atoms with Crippen molar-refractivity contribution in [3.05, 3.63) is 35.4 Å². The summed E-state index contributed by atoms with van der Waals surface area (Å²) in [4.78, 5) is 11.9. The summed E-state index contributed by atoms with van der Waals surface area (Å²) in [5, 5.41) is 3.35. The molecule has 1 N–H and O–H groups in total. The number of ether oxygens (including phenoxy) is 2. The predicted molar refractivity (Wildman–Crippen MR) is 77.0 cm³/mol. The van der Waals surface area contributed by atoms with Crippen LogP contribution in [0.25, 0.3) is 0 Å². The molecule has 0 spiro atoms. The maximum atomic E-state index is 11.9. The first kappa shape index (κ1) is 15.5. The van der Waals surface area contributed by atoms with Crippen LogP contribution in [0.4, 0.5) is 5.69 Å². The molecule has 1 aromatic carbocycles. The highest BCUT2D eigenvalue weighted by Crippen LogP contribution is 2.31. The second-order valence-electron chi connectivity index (χ2n) is 4.06. The minimum atomic E-state index is -0.571. The number of hydrogen-bond donors (Lipinski definition) is 1. The fourth-order valence-corrected chi connectivity index (χ4v) is 1.61. The van der Waals surface area contributed by atoms with E-state index in [1.165, 1.54) is 7.11 Å². The van der Waals surface area contributed by atoms with E-state index in [1.54, 1.807) is 25.1 Å². The van der Waals surface area contributed by atoms with Crippen LogP contribution in [0.1, 0.15) is 12.5 Å². The van der Waals surface area contributed by atoms with Gasteiger partial charge in [0.05, 0.1) is 19.4 Å². The molecular formula is C14H18ClNO3. The Morgan fingerprint density at radius 2 is 2.26 bits per heavy atom. The summed E-state index contributed by atoms with van der Waals surface area (Å²) in [6, 6.07) is 3.43. The van der Waals surface area contributed by atoms with Crippen LogP contribution in [-0.4, -0.2) is 25.7 Å². The molecule has 0 radical (unpaired) electrons. The Kier molecular flexibility index (Phi) is 5.86. The Labute approximate surface area is 118 Å². The fourth-order valence-electron chi connectivity index (χ4n) is 1.45. The number of aryl methyl sites for hydroxylation is 1. The third-order valence-corrected chi connectivity index (χ3v) is 2.98. The molecule has 1 atom stereocenters. The van der Waals surface area contributed by atoms with Gasteiger partial charge in [-0.2, -0.15) is 0 Å². The number of benzene rings is 1. The standard InChI is InChI=1S/C14H18ClNO3/c1-5-6-19-10(3)14(17)16-12-7-9(2)11(15)8-13(12)18-4/h5,7-8,10H,1,6H2,2-4H3,(H,16,17). The molecule has 0 aromatic heterocycles. The molecule has 0 heterocycles. The molecule has 0 aliphatic heterocycles. The molecule has 0 bridgehead atoms. The van der Waals surface area contributed by atoms with Crippen molar-refractivity contribution in [2.24, 2.45) is 0 Å². The summed E-state index contributed by atoms with van der Waals surface area (Å²) in [6.07, 6.45) is 1.02. The largest absolute Gasteiger partial charge is 0.495 e. The van der Waals surface area contributed by atoms with Gasteiger partial charge in [0, 0.05) is 11.1 Å². The van der Waals surface area contributed by atoms with Crippen LogP contribution in [-0.2, 0) is 9.53 Å². The smallest absolute Gasteiger partial charge is 0.253 e. The summed E-state index contributed by atoms with van der Waals surface area (Å²) in [6.45, 7) is 7.39. The average Bonchev–Trinajstić information content (AvgIpc) is 2.39. The van der Waals surface area contributed by atoms with Crippen molar-refractivity contribution in [3.8, 4) is 5.75 Å². The summed E-state index contributed by atoms with van der Waals surface area (Å²) in [5.74, 6) is 0.266. The zero-order valence-electron chi connectivity index (χ0n) is 11.3. The molecule has 0 saturated carbocycles. The molecule has 104 valence electrons. The molecular weight excluding hydrogens is 266 g/mol. The highest BCUT2D eigenvalue weighted by Gasteiger charge is 2.16. The molecule has 4 nitrogen and oxygen atoms in total. The van der Waals surface area contributed by atoms with E-state index in [9.17, 15) is 4.79 Å². The predicted octanol–water partition coefficient (Wildman–Crippen LogP) is 3.19. The number of amides is 1. The molecule has 0 aliphatic carbocycles. The summed E-state index contributed by atoms with van der Waals surface area (Å²) in [5.41, 5.74) is 1.43. The monoisotopic (exact) mass is 283 g/mol. The molecule has 19 heavy (non-hydrogen) atoms. The quantitative estimate of drug-likeness (QED) is 0.816. The number of halogens is 1. The Hall–Kier alpha value is -1.52. The second-order valence-corrected chi connectivity index (χ2v) is 4.46. The number of anilines is 1. The maximum absolute atomic E-state index is 11.9. The minimum absolute atomic E-state index is 0.248. The lowest BCUT2D eigenvalue weighted by atomic mass is 10.2. The average molecular weight is 284 g/mol. The Morgan fingerprint density at radius 1 is 1.58 bits per heavy atom. The van der Waals surface area contributed by atoms with E-state index < -0.39 is 6.10 Å². The van der Waals surface area contributed by atoms with E-state index in [2.05, 4.69) is 11.9 Å². The lowest BCUT2D eigenvalue weighted by Gasteiger charge is -2.15. The van der Waals surface area contributed by atoms with Crippen LogP contribution >= 0.6 is 11.6 Å². The van der Waals surface area contributed by atoms with Gasteiger partial charge in [0.1, 0.15) is 11.9 Å². The van der Waals surface area contributed by atoms with Gasteiger partial charge in [-0.05, 0) is 25.5 Å². The molecule has 0 fully saturated rings. The summed E-state index contributed by atoms with van der Waals surface area (Å²) < 4.78 is 10.4. The lowest BCUT2D eigenvalue weighted by Crippen LogP contribution is -2.28. The first-order chi connectivity index (χ1) is 8.99. The van der Waals surface area contributed by atoms with Gasteiger partial charge in [-0.1, -0.05) is 17.7 Å². The molecule has 1 amide bonds. The van der Waals surface area contributed by atoms with E-state index in [4.69, 9.17) is 21.1 Å². The molecule has 5 heteroatoms. The zero-order chi connectivity index (χ0) is 14.4. The van der Waals surface area contributed by atoms with Crippen LogP contribution in [0.15, 0.2) is 24.8 Å². The molecule has 0 saturated heterocycles. The van der Waals surface area contributed by atoms with Crippen molar-refractivity contribution in [3.63, 3.8) is 0 Å². The topological polar surface area (TPSA) is 47.6 Å². The van der Waals surface area contributed by atoms with Crippen LogP contribution in [0, 0.1) is 6.92 Å². The van der Waals surface area contributed by atoms with E-state index in [-0.39, 0.29) is 5.91 Å². The van der Waals surface area contributed by atoms with Crippen LogP contribution in [0.2, 0.25) is 5.02 Å². The summed E-state index contributed by atoms with van der Waals surface area (Å²) in [7, 11) is 1.52. The first-order valence-corrected chi connectivity index (χ1v) is 6.25. The van der Waals surface area contributed by atoms with Crippen molar-refractivity contribution >= 4 is 23.2 Å². The molecule has 0 aliphatic rings. The maximum Gasteiger partial charge on any atom is 0.253 e. The number of carbonyl (C=O) groups is 1. The molecule has 1 rings (SSSR count). The van der Waals surface area contributed by atoms with Gasteiger partial charge >= 0.3 is 0 Å². The zero-order valence-corrected chi connectivity index (χ0v) is 12.1. The van der Waals surface area contributed by atoms with Gasteiger partial charge in [-0.25, -0.2) is 0 Å². The molecule has 1 aromatic rings. The number of hydrogen-bond acceptors (Lipinski definition) is 3. The fraction of sp³-hybridized carbons (Fsp3) is 0.357. The normalized spacial score (nSPS) is 11.8. The van der Waals surface area contributed by atoms with Gasteiger partial charge in [-0.3, -0.25) is 4.79 Å². The van der Waals surface area contributed by atoms with Crippen LogP contribution in [0.3, 0.4) is 0 Å². The van der Waals surface area contributed by atoms with Gasteiger partial charge in [0.15, 0.2) is 0 Å². The van der Waals surface area contributed by atoms with E-state index in [0.29, 0.717) is 23.1 Å². The number of rotatable bonds is 6.